The van der Waals surface area contributed by atoms with Crippen molar-refractivity contribution in [2.24, 2.45) is 0 Å². The average molecular weight is 289 g/mol. The Morgan fingerprint density at radius 1 is 1.00 bits per heavy atom. The smallest absolute Gasteiger partial charge is 0.0189 e. The van der Waals surface area contributed by atoms with Crippen molar-refractivity contribution in [3.63, 3.8) is 0 Å². The van der Waals surface area contributed by atoms with Crippen molar-refractivity contribution in [3.8, 4) is 0 Å². The van der Waals surface area contributed by atoms with Crippen molar-refractivity contribution in [2.45, 2.75) is 19.8 Å². The monoisotopic (exact) mass is 288 g/mol. The van der Waals surface area contributed by atoms with Gasteiger partial charge in [-0.2, -0.15) is 0 Å². The molecular weight excluding hydrogens is 272 g/mol. The number of halogens is 1. The average Bonchev–Trinajstić information content (AvgIpc) is 2.34. The molecule has 0 aromatic heterocycles. The Morgan fingerprint density at radius 3 is 2.29 bits per heavy atom. The molecule has 0 aliphatic heterocycles. The first-order valence-corrected chi connectivity index (χ1v) is 7.02. The van der Waals surface area contributed by atoms with Crippen molar-refractivity contribution in [1.82, 2.24) is 0 Å². The predicted octanol–water partition coefficient (Wildman–Crippen LogP) is 4.83. The Morgan fingerprint density at radius 2 is 1.71 bits per heavy atom. The van der Waals surface area contributed by atoms with Crippen molar-refractivity contribution >= 4 is 15.9 Å². The van der Waals surface area contributed by atoms with Gasteiger partial charge < -0.3 is 0 Å². The molecule has 0 radical (unpaired) electrons. The number of hydrogen-bond acceptors (Lipinski definition) is 0. The van der Waals surface area contributed by atoms with Gasteiger partial charge in [-0.05, 0) is 30.5 Å². The molecule has 0 amide bonds. The zero-order valence-electron chi connectivity index (χ0n) is 10.3. The van der Waals surface area contributed by atoms with E-state index in [1.807, 2.05) is 0 Å². The van der Waals surface area contributed by atoms with E-state index in [4.69, 9.17) is 0 Å². The maximum atomic E-state index is 3.64. The second-order valence-corrected chi connectivity index (χ2v) is 5.13. The molecule has 0 fully saturated rings. The third kappa shape index (κ3) is 2.78. The molecule has 2 aromatic rings. The molecule has 0 saturated carbocycles. The molecule has 1 unspecified atom stereocenters. The predicted molar refractivity (Wildman–Crippen MR) is 78.0 cm³/mol. The van der Waals surface area contributed by atoms with E-state index in [9.17, 15) is 0 Å². The summed E-state index contributed by atoms with van der Waals surface area (Å²) in [6, 6.07) is 17.4. The van der Waals surface area contributed by atoms with E-state index in [1.54, 1.807) is 0 Å². The molecule has 0 saturated heterocycles. The normalized spacial score (nSPS) is 12.4. The molecule has 0 nitrogen and oxygen atoms in total. The first-order valence-electron chi connectivity index (χ1n) is 5.90. The molecule has 0 bridgehead atoms. The van der Waals surface area contributed by atoms with E-state index in [-0.39, 0.29) is 0 Å². The first-order chi connectivity index (χ1) is 8.22. The lowest BCUT2D eigenvalue weighted by Gasteiger charge is -2.18. The van der Waals surface area contributed by atoms with Gasteiger partial charge in [0.1, 0.15) is 0 Å². The van der Waals surface area contributed by atoms with Crippen LogP contribution in [0.4, 0.5) is 0 Å². The van der Waals surface area contributed by atoms with E-state index in [2.05, 4.69) is 78.3 Å². The van der Waals surface area contributed by atoms with Crippen molar-refractivity contribution in [1.29, 1.82) is 0 Å². The lowest BCUT2D eigenvalue weighted by molar-refractivity contribution is 0.929. The van der Waals surface area contributed by atoms with Gasteiger partial charge in [0.25, 0.3) is 0 Å². The minimum Gasteiger partial charge on any atom is -0.0918 e. The van der Waals surface area contributed by atoms with E-state index >= 15 is 0 Å². The van der Waals surface area contributed by atoms with Crippen LogP contribution in [-0.2, 0) is 0 Å². The highest BCUT2D eigenvalue weighted by Gasteiger charge is 2.14. The fourth-order valence-corrected chi connectivity index (χ4v) is 2.98. The topological polar surface area (TPSA) is 0 Å². The molecule has 1 heteroatoms. The van der Waals surface area contributed by atoms with Crippen LogP contribution in [0.3, 0.4) is 0 Å². The molecular formula is C16H17Br. The quantitative estimate of drug-likeness (QED) is 0.710. The summed E-state index contributed by atoms with van der Waals surface area (Å²) in [4.78, 5) is 0. The summed E-state index contributed by atoms with van der Waals surface area (Å²) >= 11 is 3.64. The molecule has 0 heterocycles. The molecule has 0 spiro atoms. The van der Waals surface area contributed by atoms with E-state index in [0.29, 0.717) is 5.92 Å². The number of rotatable bonds is 3. The van der Waals surface area contributed by atoms with Crippen LogP contribution in [0.2, 0.25) is 0 Å². The highest BCUT2D eigenvalue weighted by Crippen LogP contribution is 2.29. The Kier molecular flexibility index (Phi) is 4.01. The SMILES string of the molecule is Cc1ccc(C(CBr)c2ccccc2)c(C)c1. The highest BCUT2D eigenvalue weighted by atomic mass is 79.9. The van der Waals surface area contributed by atoms with Gasteiger partial charge in [-0.1, -0.05) is 70.0 Å². The maximum Gasteiger partial charge on any atom is 0.0189 e. The third-order valence-electron chi connectivity index (χ3n) is 3.16. The van der Waals surface area contributed by atoms with Crippen molar-refractivity contribution < 1.29 is 0 Å². The van der Waals surface area contributed by atoms with E-state index in [0.717, 1.165) is 5.33 Å². The summed E-state index contributed by atoms with van der Waals surface area (Å²) in [5.74, 6) is 0.441. The second kappa shape index (κ2) is 5.50. The second-order valence-electron chi connectivity index (χ2n) is 4.48. The van der Waals surface area contributed by atoms with Crippen molar-refractivity contribution in [2.75, 3.05) is 5.33 Å². The summed E-state index contributed by atoms with van der Waals surface area (Å²) < 4.78 is 0. The Bertz CT molecular complexity index is 488. The van der Waals surface area contributed by atoms with Crippen LogP contribution >= 0.6 is 15.9 Å². The van der Waals surface area contributed by atoms with Gasteiger partial charge in [-0.25, -0.2) is 0 Å². The van der Waals surface area contributed by atoms with Crippen LogP contribution in [0, 0.1) is 13.8 Å². The van der Waals surface area contributed by atoms with E-state index in [1.165, 1.54) is 22.3 Å². The highest BCUT2D eigenvalue weighted by molar-refractivity contribution is 9.09. The van der Waals surface area contributed by atoms with Gasteiger partial charge in [0.05, 0.1) is 0 Å². The minimum absolute atomic E-state index is 0.441. The number of alkyl halides is 1. The summed E-state index contributed by atoms with van der Waals surface area (Å²) in [7, 11) is 0. The Hall–Kier alpha value is -1.08. The van der Waals surface area contributed by atoms with Crippen LogP contribution in [0.1, 0.15) is 28.2 Å². The molecule has 2 rings (SSSR count). The fourth-order valence-electron chi connectivity index (χ4n) is 2.25. The summed E-state index contributed by atoms with van der Waals surface area (Å²) in [6.45, 7) is 4.34. The number of aryl methyl sites for hydroxylation is 2. The molecule has 17 heavy (non-hydrogen) atoms. The van der Waals surface area contributed by atoms with Gasteiger partial charge in [0.2, 0.25) is 0 Å². The van der Waals surface area contributed by atoms with Gasteiger partial charge in [-0.15, -0.1) is 0 Å². The molecule has 0 N–H and O–H groups in total. The lowest BCUT2D eigenvalue weighted by Crippen LogP contribution is -2.04. The minimum atomic E-state index is 0.441. The Balaban J connectivity index is 2.42. The Labute approximate surface area is 112 Å². The molecule has 2 aromatic carbocycles. The molecule has 88 valence electrons. The van der Waals surface area contributed by atoms with Gasteiger partial charge in [-0.3, -0.25) is 0 Å². The molecule has 0 aliphatic carbocycles. The van der Waals surface area contributed by atoms with Crippen LogP contribution in [0.5, 0.6) is 0 Å². The largest absolute Gasteiger partial charge is 0.0918 e. The van der Waals surface area contributed by atoms with Gasteiger partial charge in [0.15, 0.2) is 0 Å². The maximum absolute atomic E-state index is 3.64. The van der Waals surface area contributed by atoms with Crippen LogP contribution in [0.25, 0.3) is 0 Å². The number of benzene rings is 2. The zero-order chi connectivity index (χ0) is 12.3. The third-order valence-corrected chi connectivity index (χ3v) is 3.80. The fraction of sp³-hybridized carbons (Fsp3) is 0.250. The standard InChI is InChI=1S/C16H17Br/c1-12-8-9-15(13(2)10-12)16(11-17)14-6-4-3-5-7-14/h3-10,16H,11H2,1-2H3. The van der Waals surface area contributed by atoms with Crippen LogP contribution < -0.4 is 0 Å². The number of hydrogen-bond donors (Lipinski definition) is 0. The van der Waals surface area contributed by atoms with Crippen molar-refractivity contribution in [3.05, 3.63) is 70.8 Å². The van der Waals surface area contributed by atoms with Crippen LogP contribution in [0.15, 0.2) is 48.5 Å². The molecule has 0 aliphatic rings. The first kappa shape index (κ1) is 12.4. The summed E-state index contributed by atoms with van der Waals surface area (Å²) in [5, 5.41) is 0.959. The summed E-state index contributed by atoms with van der Waals surface area (Å²) in [5.41, 5.74) is 5.49. The molecule has 1 atom stereocenters. The van der Waals surface area contributed by atoms with Gasteiger partial charge >= 0.3 is 0 Å². The zero-order valence-corrected chi connectivity index (χ0v) is 11.9. The van der Waals surface area contributed by atoms with Crippen LogP contribution in [-0.4, -0.2) is 5.33 Å². The van der Waals surface area contributed by atoms with E-state index < -0.39 is 0 Å². The lowest BCUT2D eigenvalue weighted by atomic mass is 9.89. The summed E-state index contributed by atoms with van der Waals surface area (Å²) in [6.07, 6.45) is 0. The van der Waals surface area contributed by atoms with Gasteiger partial charge in [0, 0.05) is 11.2 Å².